The molecule has 0 spiro atoms. The zero-order chi connectivity index (χ0) is 19.6. The van der Waals surface area contributed by atoms with Crippen molar-refractivity contribution < 1.29 is 19.1 Å². The van der Waals surface area contributed by atoms with E-state index in [9.17, 15) is 14.4 Å². The van der Waals surface area contributed by atoms with Crippen LogP contribution < -0.4 is 0 Å². The Labute approximate surface area is 169 Å². The highest BCUT2D eigenvalue weighted by Gasteiger charge is 2.34. The molecule has 0 bridgehead atoms. The second-order valence-corrected chi connectivity index (χ2v) is 7.90. The molecule has 0 fully saturated rings. The highest BCUT2D eigenvalue weighted by atomic mass is 79.9. The average molecular weight is 438 g/mol. The van der Waals surface area contributed by atoms with Gasteiger partial charge >= 0.3 is 5.97 Å². The zero-order valence-corrected chi connectivity index (χ0v) is 17.5. The number of nitrogens with zero attached hydrogens (tertiary/aromatic N) is 1. The summed E-state index contributed by atoms with van der Waals surface area (Å²) in [5, 5.41) is 0. The van der Waals surface area contributed by atoms with Gasteiger partial charge in [-0.2, -0.15) is 0 Å². The molecule has 2 amide bonds. The van der Waals surface area contributed by atoms with Gasteiger partial charge in [0.1, 0.15) is 4.83 Å². The summed E-state index contributed by atoms with van der Waals surface area (Å²) in [4.78, 5) is 37.2. The Hall–Kier alpha value is -1.69. The van der Waals surface area contributed by atoms with Crippen LogP contribution in [0.1, 0.15) is 79.0 Å². The third-order valence-corrected chi connectivity index (χ3v) is 5.59. The molecule has 6 heteroatoms. The monoisotopic (exact) mass is 437 g/mol. The van der Waals surface area contributed by atoms with Crippen molar-refractivity contribution in [3.63, 3.8) is 0 Å². The fourth-order valence-electron chi connectivity index (χ4n) is 3.27. The van der Waals surface area contributed by atoms with Crippen molar-refractivity contribution in [2.24, 2.45) is 0 Å². The van der Waals surface area contributed by atoms with Crippen LogP contribution in [0.4, 0.5) is 0 Å². The molecular weight excluding hydrogens is 410 g/mol. The number of rotatable bonds is 12. The molecule has 1 aromatic carbocycles. The fraction of sp³-hybridized carbons (Fsp3) is 0.571. The standard InChI is InChI=1S/C21H28BrNO4/c1-2-27-21(26)18(22)14-8-6-4-3-5-7-11-15-23-19(24)16-12-9-10-13-17(16)20(23)25/h9-10,12-13,18H,2-8,11,14-15H2,1H3. The largest absolute Gasteiger partial charge is 0.465 e. The minimum Gasteiger partial charge on any atom is -0.465 e. The van der Waals surface area contributed by atoms with Crippen LogP contribution in [0.3, 0.4) is 0 Å². The van der Waals surface area contributed by atoms with E-state index in [1.165, 1.54) is 4.90 Å². The lowest BCUT2D eigenvalue weighted by Crippen LogP contribution is -2.30. The van der Waals surface area contributed by atoms with Gasteiger partial charge < -0.3 is 4.74 Å². The molecule has 148 valence electrons. The summed E-state index contributed by atoms with van der Waals surface area (Å²) < 4.78 is 4.97. The Balaban J connectivity index is 1.52. The number of halogens is 1. The Morgan fingerprint density at radius 1 is 0.963 bits per heavy atom. The van der Waals surface area contributed by atoms with Crippen molar-refractivity contribution in [3.8, 4) is 0 Å². The number of ether oxygens (including phenoxy) is 1. The van der Waals surface area contributed by atoms with Crippen molar-refractivity contribution in [2.45, 2.75) is 63.1 Å². The van der Waals surface area contributed by atoms with E-state index in [4.69, 9.17) is 4.74 Å². The molecule has 0 saturated carbocycles. The summed E-state index contributed by atoms with van der Waals surface area (Å²) >= 11 is 3.37. The van der Waals surface area contributed by atoms with Crippen LogP contribution in [0.25, 0.3) is 0 Å². The van der Waals surface area contributed by atoms with Crippen molar-refractivity contribution in [1.29, 1.82) is 0 Å². The second kappa shape index (κ2) is 11.2. The second-order valence-electron chi connectivity index (χ2n) is 6.79. The van der Waals surface area contributed by atoms with E-state index in [0.717, 1.165) is 51.4 Å². The predicted molar refractivity (Wildman–Crippen MR) is 108 cm³/mol. The Bertz CT molecular complexity index is 626. The first-order valence-electron chi connectivity index (χ1n) is 9.82. The lowest BCUT2D eigenvalue weighted by molar-refractivity contribution is -0.142. The number of alkyl halides is 1. The van der Waals surface area contributed by atoms with Gasteiger partial charge in [0, 0.05) is 6.54 Å². The van der Waals surface area contributed by atoms with E-state index in [-0.39, 0.29) is 22.6 Å². The third kappa shape index (κ3) is 6.16. The van der Waals surface area contributed by atoms with Crippen LogP contribution in [0.2, 0.25) is 0 Å². The number of carbonyl (C=O) groups is 3. The molecule has 0 aliphatic carbocycles. The van der Waals surface area contributed by atoms with Crippen LogP contribution in [-0.2, 0) is 9.53 Å². The normalized spacial score (nSPS) is 14.4. The van der Waals surface area contributed by atoms with E-state index in [1.54, 1.807) is 24.3 Å². The molecule has 0 aromatic heterocycles. The van der Waals surface area contributed by atoms with Crippen LogP contribution in [0.15, 0.2) is 24.3 Å². The zero-order valence-electron chi connectivity index (χ0n) is 15.9. The Morgan fingerprint density at radius 2 is 1.48 bits per heavy atom. The van der Waals surface area contributed by atoms with E-state index in [0.29, 0.717) is 24.3 Å². The maximum Gasteiger partial charge on any atom is 0.319 e. The van der Waals surface area contributed by atoms with Crippen molar-refractivity contribution in [1.82, 2.24) is 4.90 Å². The molecule has 1 heterocycles. The van der Waals surface area contributed by atoms with Gasteiger partial charge in [-0.05, 0) is 31.9 Å². The molecule has 2 rings (SSSR count). The fourth-order valence-corrected chi connectivity index (χ4v) is 3.73. The van der Waals surface area contributed by atoms with Crippen molar-refractivity contribution >= 4 is 33.7 Å². The molecule has 0 saturated heterocycles. The molecule has 0 N–H and O–H groups in total. The number of benzene rings is 1. The van der Waals surface area contributed by atoms with Gasteiger partial charge in [-0.25, -0.2) is 0 Å². The van der Waals surface area contributed by atoms with E-state index in [2.05, 4.69) is 15.9 Å². The Morgan fingerprint density at radius 3 is 2.04 bits per heavy atom. The Kier molecular flexibility index (Phi) is 8.98. The number of carbonyl (C=O) groups excluding carboxylic acids is 3. The summed E-state index contributed by atoms with van der Waals surface area (Å²) in [6.07, 6.45) is 8.13. The average Bonchev–Trinajstić information content (AvgIpc) is 2.91. The predicted octanol–water partition coefficient (Wildman–Crippen LogP) is 4.73. The summed E-state index contributed by atoms with van der Waals surface area (Å²) in [5.41, 5.74) is 1.05. The van der Waals surface area contributed by atoms with Gasteiger partial charge in [0.15, 0.2) is 0 Å². The number of hydrogen-bond donors (Lipinski definition) is 0. The summed E-state index contributed by atoms with van der Waals surface area (Å²) in [6, 6.07) is 7.01. The summed E-state index contributed by atoms with van der Waals surface area (Å²) in [7, 11) is 0. The molecule has 5 nitrogen and oxygen atoms in total. The van der Waals surface area contributed by atoms with Crippen LogP contribution in [-0.4, -0.2) is 40.7 Å². The number of fused-ring (bicyclic) bond motifs is 1. The third-order valence-electron chi connectivity index (χ3n) is 4.76. The van der Waals surface area contributed by atoms with Gasteiger partial charge in [0.05, 0.1) is 17.7 Å². The van der Waals surface area contributed by atoms with Crippen molar-refractivity contribution in [2.75, 3.05) is 13.2 Å². The molecule has 27 heavy (non-hydrogen) atoms. The molecule has 1 atom stereocenters. The maximum atomic E-state index is 12.3. The summed E-state index contributed by atoms with van der Waals surface area (Å²) in [6.45, 7) is 2.73. The number of imide groups is 1. The topological polar surface area (TPSA) is 63.7 Å². The SMILES string of the molecule is CCOC(=O)C(Br)CCCCCCCCCN1C(=O)c2ccccc2C1=O. The molecule has 1 unspecified atom stereocenters. The smallest absolute Gasteiger partial charge is 0.319 e. The van der Waals surface area contributed by atoms with Gasteiger partial charge in [-0.3, -0.25) is 19.3 Å². The number of unbranched alkanes of at least 4 members (excludes halogenated alkanes) is 6. The lowest BCUT2D eigenvalue weighted by atomic mass is 10.1. The first-order valence-corrected chi connectivity index (χ1v) is 10.7. The minimum atomic E-state index is -0.197. The highest BCUT2D eigenvalue weighted by molar-refractivity contribution is 9.10. The molecular formula is C21H28BrNO4. The lowest BCUT2D eigenvalue weighted by Gasteiger charge is -2.13. The van der Waals surface area contributed by atoms with Gasteiger partial charge in [0.25, 0.3) is 11.8 Å². The number of amides is 2. The quantitative estimate of drug-likeness (QED) is 0.205. The molecule has 1 aromatic rings. The van der Waals surface area contributed by atoms with E-state index in [1.807, 2.05) is 6.92 Å². The number of hydrogen-bond acceptors (Lipinski definition) is 4. The highest BCUT2D eigenvalue weighted by Crippen LogP contribution is 2.23. The summed E-state index contributed by atoms with van der Waals surface area (Å²) in [5.74, 6) is -0.506. The molecule has 0 radical (unpaired) electrons. The van der Waals surface area contributed by atoms with Crippen LogP contribution in [0.5, 0.6) is 0 Å². The van der Waals surface area contributed by atoms with E-state index < -0.39 is 0 Å². The van der Waals surface area contributed by atoms with Gasteiger partial charge in [0.2, 0.25) is 0 Å². The number of esters is 1. The molecule has 1 aliphatic heterocycles. The minimum absolute atomic E-state index is 0.165. The van der Waals surface area contributed by atoms with E-state index >= 15 is 0 Å². The van der Waals surface area contributed by atoms with Crippen molar-refractivity contribution in [3.05, 3.63) is 35.4 Å². The first kappa shape index (κ1) is 21.6. The van der Waals surface area contributed by atoms with Gasteiger partial charge in [-0.15, -0.1) is 0 Å². The van der Waals surface area contributed by atoms with Gasteiger partial charge in [-0.1, -0.05) is 66.6 Å². The van der Waals surface area contributed by atoms with Crippen LogP contribution in [0, 0.1) is 0 Å². The van der Waals surface area contributed by atoms with Crippen LogP contribution >= 0.6 is 15.9 Å². The molecule has 1 aliphatic rings. The maximum absolute atomic E-state index is 12.3. The first-order chi connectivity index (χ1) is 13.1.